The van der Waals surface area contributed by atoms with Crippen LogP contribution >= 0.6 is 0 Å². The fourth-order valence-corrected chi connectivity index (χ4v) is 3.41. The van der Waals surface area contributed by atoms with Crippen LogP contribution in [-0.4, -0.2) is 30.6 Å². The highest BCUT2D eigenvalue weighted by molar-refractivity contribution is 4.81. The standard InChI is InChI=1S/C18H38N2/c1-4-5-6-7-8-9-10-11-18(14-19)20-13-12-16(2)17(3)15-20/h16-18H,4-15,19H2,1-3H3. The Morgan fingerprint density at radius 1 is 1.00 bits per heavy atom. The van der Waals surface area contributed by atoms with Gasteiger partial charge in [0.25, 0.3) is 0 Å². The molecule has 1 aliphatic heterocycles. The summed E-state index contributed by atoms with van der Waals surface area (Å²) in [7, 11) is 0. The van der Waals surface area contributed by atoms with Crippen molar-refractivity contribution >= 4 is 0 Å². The van der Waals surface area contributed by atoms with E-state index in [4.69, 9.17) is 5.73 Å². The summed E-state index contributed by atoms with van der Waals surface area (Å²) in [5, 5.41) is 0. The minimum Gasteiger partial charge on any atom is -0.329 e. The average Bonchev–Trinajstić information content (AvgIpc) is 2.45. The lowest BCUT2D eigenvalue weighted by Crippen LogP contribution is -2.47. The smallest absolute Gasteiger partial charge is 0.0218 e. The molecule has 1 saturated heterocycles. The van der Waals surface area contributed by atoms with Crippen LogP contribution in [0, 0.1) is 11.8 Å². The van der Waals surface area contributed by atoms with Crippen molar-refractivity contribution in [1.82, 2.24) is 4.90 Å². The molecule has 3 unspecified atom stereocenters. The number of hydrogen-bond donors (Lipinski definition) is 1. The zero-order valence-corrected chi connectivity index (χ0v) is 14.2. The van der Waals surface area contributed by atoms with Crippen molar-refractivity contribution in [1.29, 1.82) is 0 Å². The molecular formula is C18H38N2. The molecule has 120 valence electrons. The van der Waals surface area contributed by atoms with Gasteiger partial charge >= 0.3 is 0 Å². The summed E-state index contributed by atoms with van der Waals surface area (Å²) in [5.41, 5.74) is 6.02. The summed E-state index contributed by atoms with van der Waals surface area (Å²) in [6, 6.07) is 0.639. The van der Waals surface area contributed by atoms with Crippen molar-refractivity contribution in [2.24, 2.45) is 17.6 Å². The number of hydrogen-bond acceptors (Lipinski definition) is 2. The molecule has 0 aromatic carbocycles. The number of unbranched alkanes of at least 4 members (excludes halogenated alkanes) is 6. The van der Waals surface area contributed by atoms with Gasteiger partial charge in [0.05, 0.1) is 0 Å². The van der Waals surface area contributed by atoms with Crippen molar-refractivity contribution in [3.8, 4) is 0 Å². The molecule has 2 nitrogen and oxygen atoms in total. The van der Waals surface area contributed by atoms with E-state index >= 15 is 0 Å². The maximum absolute atomic E-state index is 6.02. The third kappa shape index (κ3) is 6.58. The third-order valence-electron chi connectivity index (χ3n) is 5.29. The van der Waals surface area contributed by atoms with E-state index in [2.05, 4.69) is 25.7 Å². The number of nitrogens with zero attached hydrogens (tertiary/aromatic N) is 1. The second-order valence-electron chi connectivity index (χ2n) is 7.04. The van der Waals surface area contributed by atoms with Crippen LogP contribution in [0.3, 0.4) is 0 Å². The predicted octanol–water partition coefficient (Wildman–Crippen LogP) is 4.43. The minimum absolute atomic E-state index is 0.639. The Morgan fingerprint density at radius 3 is 2.25 bits per heavy atom. The van der Waals surface area contributed by atoms with Gasteiger partial charge in [0.1, 0.15) is 0 Å². The summed E-state index contributed by atoms with van der Waals surface area (Å²) >= 11 is 0. The number of rotatable bonds is 10. The van der Waals surface area contributed by atoms with Gasteiger partial charge in [0.2, 0.25) is 0 Å². The van der Waals surface area contributed by atoms with Crippen LogP contribution in [-0.2, 0) is 0 Å². The number of likely N-dealkylation sites (tertiary alicyclic amines) is 1. The highest BCUT2D eigenvalue weighted by Crippen LogP contribution is 2.25. The fourth-order valence-electron chi connectivity index (χ4n) is 3.41. The molecule has 0 aromatic heterocycles. The van der Waals surface area contributed by atoms with Crippen molar-refractivity contribution in [2.45, 2.75) is 84.6 Å². The molecule has 0 radical (unpaired) electrons. The molecule has 1 fully saturated rings. The topological polar surface area (TPSA) is 29.3 Å². The van der Waals surface area contributed by atoms with E-state index in [0.29, 0.717) is 6.04 Å². The van der Waals surface area contributed by atoms with Crippen LogP contribution in [0.4, 0.5) is 0 Å². The first-order valence-corrected chi connectivity index (χ1v) is 9.13. The first kappa shape index (κ1) is 18.0. The molecule has 2 heteroatoms. The summed E-state index contributed by atoms with van der Waals surface area (Å²) < 4.78 is 0. The Hall–Kier alpha value is -0.0800. The van der Waals surface area contributed by atoms with Crippen LogP contribution in [0.5, 0.6) is 0 Å². The van der Waals surface area contributed by atoms with Crippen LogP contribution in [0.1, 0.15) is 78.6 Å². The lowest BCUT2D eigenvalue weighted by Gasteiger charge is -2.40. The molecule has 20 heavy (non-hydrogen) atoms. The molecule has 0 saturated carbocycles. The monoisotopic (exact) mass is 282 g/mol. The summed E-state index contributed by atoms with van der Waals surface area (Å²) in [5.74, 6) is 1.73. The van der Waals surface area contributed by atoms with E-state index in [0.717, 1.165) is 18.4 Å². The van der Waals surface area contributed by atoms with E-state index in [-0.39, 0.29) is 0 Å². The fraction of sp³-hybridized carbons (Fsp3) is 1.00. The Balaban J connectivity index is 2.13. The number of nitrogens with two attached hydrogens (primary N) is 1. The van der Waals surface area contributed by atoms with E-state index in [1.165, 1.54) is 70.9 Å². The molecule has 1 heterocycles. The lowest BCUT2D eigenvalue weighted by molar-refractivity contribution is 0.0929. The second-order valence-corrected chi connectivity index (χ2v) is 7.04. The maximum atomic E-state index is 6.02. The van der Waals surface area contributed by atoms with Gasteiger partial charge in [-0.1, -0.05) is 65.7 Å². The van der Waals surface area contributed by atoms with Gasteiger partial charge in [0.15, 0.2) is 0 Å². The molecule has 3 atom stereocenters. The maximum Gasteiger partial charge on any atom is 0.0218 e. The Kier molecular flexibility index (Phi) is 9.54. The highest BCUT2D eigenvalue weighted by atomic mass is 15.2. The molecule has 1 aliphatic rings. The summed E-state index contributed by atoms with van der Waals surface area (Å²) in [4.78, 5) is 2.67. The van der Waals surface area contributed by atoms with E-state index in [9.17, 15) is 0 Å². The predicted molar refractivity (Wildman–Crippen MR) is 90.0 cm³/mol. The molecule has 0 bridgehead atoms. The summed E-state index contributed by atoms with van der Waals surface area (Å²) in [6.45, 7) is 10.5. The van der Waals surface area contributed by atoms with Crippen molar-refractivity contribution in [2.75, 3.05) is 19.6 Å². The van der Waals surface area contributed by atoms with Crippen LogP contribution in [0.25, 0.3) is 0 Å². The van der Waals surface area contributed by atoms with Gasteiger partial charge in [-0.3, -0.25) is 4.90 Å². The van der Waals surface area contributed by atoms with Crippen molar-refractivity contribution in [3.05, 3.63) is 0 Å². The van der Waals surface area contributed by atoms with Crippen molar-refractivity contribution in [3.63, 3.8) is 0 Å². The molecule has 1 rings (SSSR count). The Labute approximate surface area is 127 Å². The Morgan fingerprint density at radius 2 is 1.65 bits per heavy atom. The molecule has 0 aromatic rings. The van der Waals surface area contributed by atoms with Gasteiger partial charge in [-0.05, 0) is 31.2 Å². The molecule has 2 N–H and O–H groups in total. The van der Waals surface area contributed by atoms with Gasteiger partial charge in [-0.2, -0.15) is 0 Å². The largest absolute Gasteiger partial charge is 0.329 e. The van der Waals surface area contributed by atoms with Crippen LogP contribution < -0.4 is 5.73 Å². The average molecular weight is 283 g/mol. The SMILES string of the molecule is CCCCCCCCCC(CN)N1CCC(C)C(C)C1. The molecular weight excluding hydrogens is 244 g/mol. The van der Waals surface area contributed by atoms with Gasteiger partial charge in [0, 0.05) is 19.1 Å². The quantitative estimate of drug-likeness (QED) is 0.601. The second kappa shape index (κ2) is 10.6. The third-order valence-corrected chi connectivity index (χ3v) is 5.29. The zero-order valence-electron chi connectivity index (χ0n) is 14.2. The minimum atomic E-state index is 0.639. The zero-order chi connectivity index (χ0) is 14.8. The van der Waals surface area contributed by atoms with Crippen molar-refractivity contribution < 1.29 is 0 Å². The van der Waals surface area contributed by atoms with Crippen LogP contribution in [0.15, 0.2) is 0 Å². The highest BCUT2D eigenvalue weighted by Gasteiger charge is 2.26. The number of piperidine rings is 1. The van der Waals surface area contributed by atoms with Crippen LogP contribution in [0.2, 0.25) is 0 Å². The van der Waals surface area contributed by atoms with Gasteiger partial charge < -0.3 is 5.73 Å². The normalized spacial score (nSPS) is 25.8. The molecule has 0 amide bonds. The molecule has 0 aliphatic carbocycles. The lowest BCUT2D eigenvalue weighted by atomic mass is 9.87. The van der Waals surface area contributed by atoms with Gasteiger partial charge in [-0.25, -0.2) is 0 Å². The van der Waals surface area contributed by atoms with E-state index in [1.54, 1.807) is 0 Å². The Bertz CT molecular complexity index is 229. The van der Waals surface area contributed by atoms with Gasteiger partial charge in [-0.15, -0.1) is 0 Å². The first-order chi connectivity index (χ1) is 9.69. The summed E-state index contributed by atoms with van der Waals surface area (Å²) in [6.07, 6.45) is 12.5. The van der Waals surface area contributed by atoms with E-state index in [1.807, 2.05) is 0 Å². The first-order valence-electron chi connectivity index (χ1n) is 9.13. The van der Waals surface area contributed by atoms with E-state index < -0.39 is 0 Å². The molecule has 0 spiro atoms.